The summed E-state index contributed by atoms with van der Waals surface area (Å²) in [7, 11) is 0. The van der Waals surface area contributed by atoms with Gasteiger partial charge >= 0.3 is 0 Å². The van der Waals surface area contributed by atoms with E-state index in [-0.39, 0.29) is 11.4 Å². The molecule has 0 unspecified atom stereocenters. The summed E-state index contributed by atoms with van der Waals surface area (Å²) in [6.07, 6.45) is 3.53. The van der Waals surface area contributed by atoms with Crippen molar-refractivity contribution in [2.45, 2.75) is 32.1 Å². The van der Waals surface area contributed by atoms with Crippen LogP contribution in [-0.4, -0.2) is 21.5 Å². The van der Waals surface area contributed by atoms with Gasteiger partial charge in [-0.05, 0) is 31.0 Å². The molecule has 3 aromatic rings. The number of fused-ring (bicyclic) bond motifs is 2. The van der Waals surface area contributed by atoms with Gasteiger partial charge in [0.2, 0.25) is 0 Å². The number of anilines is 4. The molecule has 4 rings (SSSR count). The van der Waals surface area contributed by atoms with Crippen LogP contribution in [0.4, 0.5) is 23.2 Å². The fraction of sp³-hybridized carbons (Fsp3) is 0.353. The quantitative estimate of drug-likeness (QED) is 0.762. The molecule has 0 spiro atoms. The summed E-state index contributed by atoms with van der Waals surface area (Å²) < 4.78 is 5.36. The Bertz CT molecular complexity index is 915. The Morgan fingerprint density at radius 2 is 2.00 bits per heavy atom. The Balaban J connectivity index is 1.89. The number of nitrogen functional groups attached to an aromatic ring is 2. The lowest BCUT2D eigenvalue weighted by atomic mass is 9.81. The predicted octanol–water partition coefficient (Wildman–Crippen LogP) is 2.99. The molecule has 1 aliphatic rings. The van der Waals surface area contributed by atoms with E-state index < -0.39 is 0 Å². The lowest BCUT2D eigenvalue weighted by Gasteiger charge is -2.27. The highest BCUT2D eigenvalue weighted by Gasteiger charge is 2.43. The Labute approximate surface area is 139 Å². The van der Waals surface area contributed by atoms with Crippen molar-refractivity contribution in [1.82, 2.24) is 15.0 Å². The van der Waals surface area contributed by atoms with Crippen LogP contribution in [0.1, 0.15) is 32.4 Å². The van der Waals surface area contributed by atoms with Crippen LogP contribution < -0.4 is 16.4 Å². The van der Waals surface area contributed by atoms with E-state index >= 15 is 0 Å². The number of hydrogen-bond acceptors (Lipinski definition) is 7. The van der Waals surface area contributed by atoms with Crippen LogP contribution >= 0.6 is 0 Å². The summed E-state index contributed by atoms with van der Waals surface area (Å²) >= 11 is 0. The summed E-state index contributed by atoms with van der Waals surface area (Å²) in [4.78, 5) is 15.2. The number of benzene rings is 1. The molecule has 0 aliphatic carbocycles. The first-order valence-corrected chi connectivity index (χ1v) is 8.12. The molecule has 0 atom stereocenters. The topological polar surface area (TPSA) is 107 Å². The van der Waals surface area contributed by atoms with E-state index in [1.165, 1.54) is 0 Å². The smallest absolute Gasteiger partial charge is 0.292 e. The summed E-state index contributed by atoms with van der Waals surface area (Å²) in [5, 5.41) is 0. The van der Waals surface area contributed by atoms with Crippen molar-refractivity contribution >= 4 is 34.3 Å². The van der Waals surface area contributed by atoms with Gasteiger partial charge in [0, 0.05) is 17.6 Å². The van der Waals surface area contributed by atoms with Crippen LogP contribution in [0, 0.1) is 0 Å². The summed E-state index contributed by atoms with van der Waals surface area (Å²) in [5.74, 6) is 0.503. The van der Waals surface area contributed by atoms with Gasteiger partial charge in [0.15, 0.2) is 11.4 Å². The van der Waals surface area contributed by atoms with Crippen LogP contribution in [0.15, 0.2) is 28.9 Å². The van der Waals surface area contributed by atoms with Crippen molar-refractivity contribution in [3.8, 4) is 0 Å². The van der Waals surface area contributed by atoms with Crippen molar-refractivity contribution < 1.29 is 4.42 Å². The van der Waals surface area contributed by atoms with Crippen molar-refractivity contribution in [2.24, 2.45) is 0 Å². The fourth-order valence-electron chi connectivity index (χ4n) is 3.63. The van der Waals surface area contributed by atoms with Gasteiger partial charge in [0.25, 0.3) is 6.01 Å². The summed E-state index contributed by atoms with van der Waals surface area (Å²) in [5.41, 5.74) is 16.1. The molecule has 0 radical (unpaired) electrons. The highest BCUT2D eigenvalue weighted by molar-refractivity contribution is 5.85. The second-order valence-corrected chi connectivity index (χ2v) is 6.23. The maximum Gasteiger partial charge on any atom is 0.292 e. The second-order valence-electron chi connectivity index (χ2n) is 6.23. The molecular weight excluding hydrogens is 304 g/mol. The molecule has 7 heteroatoms. The molecule has 0 fully saturated rings. The van der Waals surface area contributed by atoms with Crippen molar-refractivity contribution in [3.05, 3.63) is 30.2 Å². The van der Waals surface area contributed by atoms with E-state index in [0.29, 0.717) is 11.4 Å². The lowest BCUT2D eigenvalue weighted by molar-refractivity contribution is 0.417. The predicted molar refractivity (Wildman–Crippen MR) is 94.1 cm³/mol. The SMILES string of the molecule is CCC1(CC)CN(c2ccc3oc(N)nc3c2)c2c(N)ncnc21. The molecule has 7 nitrogen and oxygen atoms in total. The molecule has 0 saturated carbocycles. The molecule has 1 aliphatic heterocycles. The second kappa shape index (κ2) is 5.09. The molecule has 0 saturated heterocycles. The van der Waals surface area contributed by atoms with Crippen LogP contribution in [0.5, 0.6) is 0 Å². The summed E-state index contributed by atoms with van der Waals surface area (Å²) in [6, 6.07) is 6.01. The first-order valence-electron chi connectivity index (χ1n) is 8.12. The van der Waals surface area contributed by atoms with E-state index in [1.807, 2.05) is 18.2 Å². The van der Waals surface area contributed by atoms with Gasteiger partial charge in [-0.25, -0.2) is 9.97 Å². The molecule has 2 aromatic heterocycles. The van der Waals surface area contributed by atoms with E-state index in [0.717, 1.165) is 42.0 Å². The zero-order valence-corrected chi connectivity index (χ0v) is 13.8. The van der Waals surface area contributed by atoms with Gasteiger partial charge in [-0.1, -0.05) is 13.8 Å². The van der Waals surface area contributed by atoms with Crippen molar-refractivity contribution in [2.75, 3.05) is 22.9 Å². The lowest BCUT2D eigenvalue weighted by Crippen LogP contribution is -2.30. The van der Waals surface area contributed by atoms with Crippen LogP contribution in [-0.2, 0) is 5.41 Å². The minimum absolute atomic E-state index is 0.0236. The van der Waals surface area contributed by atoms with Gasteiger partial charge in [-0.15, -0.1) is 0 Å². The van der Waals surface area contributed by atoms with Gasteiger partial charge in [0.1, 0.15) is 17.5 Å². The van der Waals surface area contributed by atoms with Crippen LogP contribution in [0.2, 0.25) is 0 Å². The minimum atomic E-state index is -0.0236. The number of rotatable bonds is 3. The van der Waals surface area contributed by atoms with Gasteiger partial charge in [-0.3, -0.25) is 0 Å². The minimum Gasteiger partial charge on any atom is -0.424 e. The Morgan fingerprint density at radius 3 is 2.75 bits per heavy atom. The third kappa shape index (κ3) is 1.94. The Kier molecular flexibility index (Phi) is 3.13. The first-order chi connectivity index (χ1) is 11.6. The van der Waals surface area contributed by atoms with Crippen molar-refractivity contribution in [1.29, 1.82) is 0 Å². The van der Waals surface area contributed by atoms with Gasteiger partial charge in [-0.2, -0.15) is 4.98 Å². The van der Waals surface area contributed by atoms with E-state index in [2.05, 4.69) is 33.7 Å². The molecule has 0 amide bonds. The fourth-order valence-corrected chi connectivity index (χ4v) is 3.63. The summed E-state index contributed by atoms with van der Waals surface area (Å²) in [6.45, 7) is 5.20. The number of nitrogens with two attached hydrogens (primary N) is 2. The standard InChI is InChI=1S/C17H20N6O/c1-3-17(4-2)8-23(13-14(17)20-9-21-15(13)18)10-5-6-12-11(7-10)22-16(19)24-12/h5-7,9H,3-4,8H2,1-2H3,(H2,19,22)(H2,18,20,21). The van der Waals surface area contributed by atoms with Crippen LogP contribution in [0.3, 0.4) is 0 Å². The van der Waals surface area contributed by atoms with E-state index in [4.69, 9.17) is 15.9 Å². The zero-order chi connectivity index (χ0) is 16.9. The highest BCUT2D eigenvalue weighted by Crippen LogP contribution is 2.49. The first kappa shape index (κ1) is 14.7. The number of oxazole rings is 1. The normalized spacial score (nSPS) is 15.8. The third-order valence-corrected chi connectivity index (χ3v) is 5.14. The van der Waals surface area contributed by atoms with E-state index in [1.54, 1.807) is 6.33 Å². The zero-order valence-electron chi connectivity index (χ0n) is 13.8. The maximum atomic E-state index is 6.20. The number of hydrogen-bond donors (Lipinski definition) is 2. The van der Waals surface area contributed by atoms with Crippen LogP contribution in [0.25, 0.3) is 11.1 Å². The average Bonchev–Trinajstić information content (AvgIpc) is 3.12. The van der Waals surface area contributed by atoms with E-state index in [9.17, 15) is 0 Å². The molecular formula is C17H20N6O. The third-order valence-electron chi connectivity index (χ3n) is 5.14. The number of aromatic nitrogens is 3. The monoisotopic (exact) mass is 324 g/mol. The van der Waals surface area contributed by atoms with Crippen molar-refractivity contribution in [3.63, 3.8) is 0 Å². The average molecular weight is 324 g/mol. The maximum absolute atomic E-state index is 6.20. The highest BCUT2D eigenvalue weighted by atomic mass is 16.4. The van der Waals surface area contributed by atoms with Gasteiger partial charge in [0.05, 0.1) is 5.69 Å². The van der Waals surface area contributed by atoms with Gasteiger partial charge < -0.3 is 20.8 Å². The molecule has 0 bridgehead atoms. The molecule has 3 heterocycles. The molecule has 24 heavy (non-hydrogen) atoms. The molecule has 4 N–H and O–H groups in total. The number of nitrogens with zero attached hydrogens (tertiary/aromatic N) is 4. The Morgan fingerprint density at radius 1 is 1.21 bits per heavy atom. The largest absolute Gasteiger partial charge is 0.424 e. The Hall–Kier alpha value is -2.83. The molecule has 1 aromatic carbocycles. The molecule has 124 valence electrons.